The van der Waals surface area contributed by atoms with E-state index in [1.807, 2.05) is 6.92 Å². The second-order valence-electron chi connectivity index (χ2n) is 11.6. The standard InChI is InChI=1S/C27H42F2O2/c1-18-8-11-22(30)15-21(18)10-9-20-7-6-14-26(5)23(12-13-24(20)26)19(2)16-27(28,29)17-25(3,4)31/h9-10,19,22-24,30-31H,1,6-8,11-17H2,2-5H3/b20-9+,21-10-/t19-,22+,23-,24+,26-/m1/s1. The second-order valence-corrected chi connectivity index (χ2v) is 11.6. The lowest BCUT2D eigenvalue weighted by Crippen LogP contribution is -2.39. The van der Waals surface area contributed by atoms with Crippen LogP contribution in [0, 0.1) is 23.2 Å². The number of rotatable bonds is 6. The number of hydrogen-bond donors (Lipinski definition) is 2. The first-order chi connectivity index (χ1) is 14.3. The molecular weight excluding hydrogens is 394 g/mol. The molecule has 0 bridgehead atoms. The van der Waals surface area contributed by atoms with E-state index in [1.54, 1.807) is 0 Å². The van der Waals surface area contributed by atoms with Crippen LogP contribution < -0.4 is 0 Å². The van der Waals surface area contributed by atoms with Crippen molar-refractivity contribution in [3.05, 3.63) is 35.5 Å². The number of alkyl halides is 2. The van der Waals surface area contributed by atoms with Gasteiger partial charge < -0.3 is 10.2 Å². The molecule has 0 heterocycles. The van der Waals surface area contributed by atoms with Crippen molar-refractivity contribution in [2.45, 2.75) is 110 Å². The Hall–Kier alpha value is -1.00. The van der Waals surface area contributed by atoms with Gasteiger partial charge in [-0.25, -0.2) is 8.78 Å². The first kappa shape index (κ1) is 24.6. The van der Waals surface area contributed by atoms with Crippen LogP contribution in [0.3, 0.4) is 0 Å². The van der Waals surface area contributed by atoms with E-state index in [2.05, 4.69) is 25.7 Å². The molecule has 3 rings (SSSR count). The highest BCUT2D eigenvalue weighted by Crippen LogP contribution is 2.60. The molecule has 0 spiro atoms. The van der Waals surface area contributed by atoms with Crippen LogP contribution in [0.4, 0.5) is 8.78 Å². The third-order valence-corrected chi connectivity index (χ3v) is 8.22. The predicted molar refractivity (Wildman–Crippen MR) is 123 cm³/mol. The van der Waals surface area contributed by atoms with E-state index in [0.717, 1.165) is 56.1 Å². The highest BCUT2D eigenvalue weighted by molar-refractivity contribution is 5.36. The van der Waals surface area contributed by atoms with Crippen LogP contribution in [0.25, 0.3) is 0 Å². The Labute approximate surface area is 187 Å². The summed E-state index contributed by atoms with van der Waals surface area (Å²) in [7, 11) is 0. The van der Waals surface area contributed by atoms with E-state index in [1.165, 1.54) is 19.4 Å². The Kier molecular flexibility index (Phi) is 7.23. The van der Waals surface area contributed by atoms with Gasteiger partial charge in [0.15, 0.2) is 0 Å². The van der Waals surface area contributed by atoms with Gasteiger partial charge in [-0.05, 0) is 94.0 Å². The zero-order valence-electron chi connectivity index (χ0n) is 19.9. The van der Waals surface area contributed by atoms with Gasteiger partial charge >= 0.3 is 0 Å². The van der Waals surface area contributed by atoms with Crippen LogP contribution in [0.15, 0.2) is 35.5 Å². The molecule has 176 valence electrons. The van der Waals surface area contributed by atoms with Gasteiger partial charge in [0.1, 0.15) is 0 Å². The Morgan fingerprint density at radius 1 is 1.19 bits per heavy atom. The molecule has 3 saturated carbocycles. The van der Waals surface area contributed by atoms with Crippen molar-refractivity contribution in [3.8, 4) is 0 Å². The molecule has 0 aromatic carbocycles. The molecule has 0 aromatic heterocycles. The van der Waals surface area contributed by atoms with Crippen molar-refractivity contribution in [2.75, 3.05) is 0 Å². The van der Waals surface area contributed by atoms with E-state index in [-0.39, 0.29) is 29.8 Å². The van der Waals surface area contributed by atoms with Crippen LogP contribution in [-0.4, -0.2) is 27.8 Å². The molecule has 0 amide bonds. The number of aliphatic hydroxyl groups excluding tert-OH is 1. The first-order valence-corrected chi connectivity index (χ1v) is 12.2. The molecule has 3 aliphatic carbocycles. The number of halogens is 2. The molecule has 0 saturated heterocycles. The Morgan fingerprint density at radius 3 is 2.58 bits per heavy atom. The Morgan fingerprint density at radius 2 is 1.90 bits per heavy atom. The molecule has 0 aliphatic heterocycles. The Bertz CT molecular complexity index is 730. The lowest BCUT2D eigenvalue weighted by Gasteiger charge is -2.45. The van der Waals surface area contributed by atoms with Crippen LogP contribution in [0.2, 0.25) is 0 Å². The summed E-state index contributed by atoms with van der Waals surface area (Å²) in [5, 5.41) is 19.9. The van der Waals surface area contributed by atoms with Gasteiger partial charge in [0, 0.05) is 12.8 Å². The van der Waals surface area contributed by atoms with E-state index < -0.39 is 17.9 Å². The quantitative estimate of drug-likeness (QED) is 0.471. The molecule has 2 N–H and O–H groups in total. The van der Waals surface area contributed by atoms with Crippen molar-refractivity contribution in [2.24, 2.45) is 23.2 Å². The lowest BCUT2D eigenvalue weighted by molar-refractivity contribution is -0.0949. The summed E-state index contributed by atoms with van der Waals surface area (Å²) in [5.41, 5.74) is 2.46. The zero-order chi connectivity index (χ0) is 23.0. The maximum Gasteiger partial charge on any atom is 0.251 e. The van der Waals surface area contributed by atoms with E-state index in [0.29, 0.717) is 12.3 Å². The molecule has 0 aromatic rings. The van der Waals surface area contributed by atoms with Crippen molar-refractivity contribution in [1.82, 2.24) is 0 Å². The smallest absolute Gasteiger partial charge is 0.251 e. The zero-order valence-corrected chi connectivity index (χ0v) is 19.9. The monoisotopic (exact) mass is 436 g/mol. The van der Waals surface area contributed by atoms with E-state index in [4.69, 9.17) is 0 Å². The molecule has 5 atom stereocenters. The third-order valence-electron chi connectivity index (χ3n) is 8.22. The van der Waals surface area contributed by atoms with Gasteiger partial charge in [0.25, 0.3) is 5.92 Å². The van der Waals surface area contributed by atoms with Crippen molar-refractivity contribution >= 4 is 0 Å². The highest BCUT2D eigenvalue weighted by atomic mass is 19.3. The predicted octanol–water partition coefficient (Wildman–Crippen LogP) is 6.98. The Balaban J connectivity index is 1.74. The van der Waals surface area contributed by atoms with Gasteiger partial charge in [0.2, 0.25) is 0 Å². The fourth-order valence-electron chi connectivity index (χ4n) is 6.93. The maximum absolute atomic E-state index is 14.6. The molecule has 3 fully saturated rings. The average molecular weight is 437 g/mol. The van der Waals surface area contributed by atoms with Crippen molar-refractivity contribution < 1.29 is 19.0 Å². The number of hydrogen-bond acceptors (Lipinski definition) is 2. The van der Waals surface area contributed by atoms with Gasteiger partial charge in [-0.1, -0.05) is 43.7 Å². The maximum atomic E-state index is 14.6. The van der Waals surface area contributed by atoms with Crippen LogP contribution >= 0.6 is 0 Å². The van der Waals surface area contributed by atoms with Gasteiger partial charge in [0.05, 0.1) is 11.7 Å². The van der Waals surface area contributed by atoms with Crippen LogP contribution in [0.1, 0.15) is 91.9 Å². The number of fused-ring (bicyclic) bond motifs is 1. The van der Waals surface area contributed by atoms with E-state index >= 15 is 0 Å². The summed E-state index contributed by atoms with van der Waals surface area (Å²) >= 11 is 0. The molecule has 2 nitrogen and oxygen atoms in total. The minimum Gasteiger partial charge on any atom is -0.393 e. The fraction of sp³-hybridized carbons (Fsp3) is 0.778. The summed E-state index contributed by atoms with van der Waals surface area (Å²) in [6, 6.07) is 0. The van der Waals surface area contributed by atoms with E-state index in [9.17, 15) is 19.0 Å². The summed E-state index contributed by atoms with van der Waals surface area (Å²) in [5.74, 6) is -2.17. The van der Waals surface area contributed by atoms with Gasteiger partial charge in [-0.3, -0.25) is 0 Å². The lowest BCUT2D eigenvalue weighted by atomic mass is 9.60. The summed E-state index contributed by atoms with van der Waals surface area (Å²) in [4.78, 5) is 0. The first-order valence-electron chi connectivity index (χ1n) is 12.2. The molecule has 0 unspecified atom stereocenters. The summed E-state index contributed by atoms with van der Waals surface area (Å²) < 4.78 is 29.3. The minimum atomic E-state index is -2.84. The normalized spacial score (nSPS) is 36.1. The van der Waals surface area contributed by atoms with Crippen molar-refractivity contribution in [1.29, 1.82) is 0 Å². The SMILES string of the molecule is C=C1CC[C@H](O)C/C1=C/C=C1\CCC[C@]2(C)[C@@H]([C@H](C)CC(F)(F)CC(C)(C)O)CC[C@@H]12. The number of allylic oxidation sites excluding steroid dienone is 4. The molecule has 4 heteroatoms. The highest BCUT2D eigenvalue weighted by Gasteiger charge is 2.52. The topological polar surface area (TPSA) is 40.5 Å². The molecular formula is C27H42F2O2. The third kappa shape index (κ3) is 5.87. The van der Waals surface area contributed by atoms with Gasteiger partial charge in [-0.15, -0.1) is 0 Å². The molecule has 31 heavy (non-hydrogen) atoms. The van der Waals surface area contributed by atoms with Crippen molar-refractivity contribution in [3.63, 3.8) is 0 Å². The van der Waals surface area contributed by atoms with Gasteiger partial charge in [-0.2, -0.15) is 0 Å². The fourth-order valence-corrected chi connectivity index (χ4v) is 6.93. The second kappa shape index (κ2) is 9.09. The van der Waals surface area contributed by atoms with Crippen LogP contribution in [-0.2, 0) is 0 Å². The summed E-state index contributed by atoms with van der Waals surface area (Å²) in [6.07, 6.45) is 11.2. The number of aliphatic hydroxyl groups is 2. The molecule has 3 aliphatic rings. The average Bonchev–Trinajstić information content (AvgIpc) is 2.97. The minimum absolute atomic E-state index is 0.0654. The largest absolute Gasteiger partial charge is 0.393 e. The molecule has 0 radical (unpaired) electrons. The van der Waals surface area contributed by atoms with Crippen LogP contribution in [0.5, 0.6) is 0 Å². The summed E-state index contributed by atoms with van der Waals surface area (Å²) in [6.45, 7) is 11.4.